The summed E-state index contributed by atoms with van der Waals surface area (Å²) in [7, 11) is 0. The van der Waals surface area contributed by atoms with E-state index in [9.17, 15) is 9.59 Å². The van der Waals surface area contributed by atoms with Crippen LogP contribution in [-0.2, 0) is 11.3 Å². The molecule has 0 N–H and O–H groups in total. The minimum atomic E-state index is -0.182. The molecule has 3 heterocycles. The summed E-state index contributed by atoms with van der Waals surface area (Å²) < 4.78 is 10.8. The van der Waals surface area contributed by atoms with Crippen molar-refractivity contribution in [1.82, 2.24) is 24.7 Å². The van der Waals surface area contributed by atoms with Gasteiger partial charge in [0, 0.05) is 64.1 Å². The zero-order chi connectivity index (χ0) is 23.2. The third-order valence-corrected chi connectivity index (χ3v) is 6.30. The predicted molar refractivity (Wildman–Crippen MR) is 122 cm³/mol. The number of hydrogen-bond acceptors (Lipinski definition) is 7. The lowest BCUT2D eigenvalue weighted by atomic mass is 10.1. The summed E-state index contributed by atoms with van der Waals surface area (Å²) in [6.45, 7) is 8.49. The number of amides is 2. The Morgan fingerprint density at radius 2 is 1.91 bits per heavy atom. The number of rotatable bonds is 8. The third-order valence-electron chi connectivity index (χ3n) is 6.30. The molecule has 0 bridgehead atoms. The van der Waals surface area contributed by atoms with Crippen molar-refractivity contribution in [3.63, 3.8) is 0 Å². The minimum Gasteiger partial charge on any atom is -0.454 e. The topological polar surface area (TPSA) is 88.1 Å². The standard InChI is InChI=1S/C24H31N5O4/c1-3-18(2)29(24(31)20-15-25-7-8-26-20)9-6-23(30)28-12-10-27(11-13-28)16-19-4-5-21-22(14-19)33-17-32-21/h4-5,7-8,14-15,18H,3,6,9-13,16-17H2,1-2H3. The first kappa shape index (κ1) is 23.0. The van der Waals surface area contributed by atoms with Gasteiger partial charge in [-0.3, -0.25) is 19.5 Å². The second kappa shape index (κ2) is 10.6. The largest absolute Gasteiger partial charge is 0.454 e. The maximum absolute atomic E-state index is 12.9. The van der Waals surface area contributed by atoms with E-state index < -0.39 is 0 Å². The van der Waals surface area contributed by atoms with Crippen molar-refractivity contribution in [3.05, 3.63) is 48.0 Å². The molecule has 0 radical (unpaired) electrons. The molecule has 2 amide bonds. The van der Waals surface area contributed by atoms with Crippen LogP contribution < -0.4 is 9.47 Å². The Kier molecular flexibility index (Phi) is 7.39. The van der Waals surface area contributed by atoms with Gasteiger partial charge in [0.05, 0.1) is 6.20 Å². The Bertz CT molecular complexity index is 963. The highest BCUT2D eigenvalue weighted by molar-refractivity contribution is 5.92. The van der Waals surface area contributed by atoms with Crippen LogP contribution in [0.15, 0.2) is 36.8 Å². The number of hydrogen-bond donors (Lipinski definition) is 0. The highest BCUT2D eigenvalue weighted by Crippen LogP contribution is 2.32. The van der Waals surface area contributed by atoms with E-state index in [1.807, 2.05) is 30.9 Å². The first-order valence-electron chi connectivity index (χ1n) is 11.5. The normalized spacial score (nSPS) is 16.5. The van der Waals surface area contributed by atoms with E-state index in [0.717, 1.165) is 37.6 Å². The van der Waals surface area contributed by atoms with E-state index in [-0.39, 0.29) is 24.6 Å². The van der Waals surface area contributed by atoms with Crippen LogP contribution >= 0.6 is 0 Å². The molecule has 0 aliphatic carbocycles. The molecule has 1 atom stereocenters. The van der Waals surface area contributed by atoms with Crippen molar-refractivity contribution < 1.29 is 19.1 Å². The number of piperazine rings is 1. The van der Waals surface area contributed by atoms with Crippen molar-refractivity contribution in [1.29, 1.82) is 0 Å². The fraction of sp³-hybridized carbons (Fsp3) is 0.500. The average molecular weight is 454 g/mol. The van der Waals surface area contributed by atoms with Crippen LogP contribution in [-0.4, -0.2) is 82.0 Å². The van der Waals surface area contributed by atoms with E-state index in [4.69, 9.17) is 9.47 Å². The lowest BCUT2D eigenvalue weighted by molar-refractivity contribution is -0.133. The predicted octanol–water partition coefficient (Wildman–Crippen LogP) is 2.18. The molecule has 9 nitrogen and oxygen atoms in total. The zero-order valence-corrected chi connectivity index (χ0v) is 19.3. The Morgan fingerprint density at radius 3 is 2.64 bits per heavy atom. The summed E-state index contributed by atoms with van der Waals surface area (Å²) in [4.78, 5) is 39.9. The third kappa shape index (κ3) is 5.60. The number of nitrogens with zero attached hydrogens (tertiary/aromatic N) is 5. The number of ether oxygens (including phenoxy) is 2. The summed E-state index contributed by atoms with van der Waals surface area (Å²) in [6, 6.07) is 6.05. The van der Waals surface area contributed by atoms with Gasteiger partial charge in [0.15, 0.2) is 11.5 Å². The Balaban J connectivity index is 1.27. The molecule has 1 fully saturated rings. The van der Waals surface area contributed by atoms with Crippen molar-refractivity contribution in [2.75, 3.05) is 39.5 Å². The van der Waals surface area contributed by atoms with Gasteiger partial charge in [0.25, 0.3) is 5.91 Å². The number of aromatic nitrogens is 2. The number of fused-ring (bicyclic) bond motifs is 1. The van der Waals surface area contributed by atoms with Gasteiger partial charge in [-0.1, -0.05) is 13.0 Å². The summed E-state index contributed by atoms with van der Waals surface area (Å²) in [5.74, 6) is 1.48. The molecule has 1 unspecified atom stereocenters. The van der Waals surface area contributed by atoms with Crippen LogP contribution in [0.2, 0.25) is 0 Å². The molecule has 2 aliphatic heterocycles. The minimum absolute atomic E-state index is 0.0193. The molecule has 1 aromatic carbocycles. The van der Waals surface area contributed by atoms with Crippen molar-refractivity contribution in [2.24, 2.45) is 0 Å². The van der Waals surface area contributed by atoms with Crippen molar-refractivity contribution in [2.45, 2.75) is 39.3 Å². The molecule has 9 heteroatoms. The molecule has 1 aromatic heterocycles. The zero-order valence-electron chi connectivity index (χ0n) is 19.3. The Morgan fingerprint density at radius 1 is 1.12 bits per heavy atom. The smallest absolute Gasteiger partial charge is 0.274 e. The monoisotopic (exact) mass is 453 g/mol. The van der Waals surface area contributed by atoms with Gasteiger partial charge in [-0.05, 0) is 31.0 Å². The van der Waals surface area contributed by atoms with Crippen LogP contribution in [0.5, 0.6) is 11.5 Å². The molecule has 2 aromatic rings. The summed E-state index contributed by atoms with van der Waals surface area (Å²) >= 11 is 0. The number of carbonyl (C=O) groups is 2. The lowest BCUT2D eigenvalue weighted by Gasteiger charge is -2.35. The maximum atomic E-state index is 12.9. The van der Waals surface area contributed by atoms with Crippen LogP contribution in [0.1, 0.15) is 42.7 Å². The van der Waals surface area contributed by atoms with Gasteiger partial charge >= 0.3 is 0 Å². The molecule has 2 aliphatic rings. The van der Waals surface area contributed by atoms with Gasteiger partial charge in [-0.15, -0.1) is 0 Å². The number of carbonyl (C=O) groups excluding carboxylic acids is 2. The molecular formula is C24H31N5O4. The van der Waals surface area contributed by atoms with Crippen molar-refractivity contribution >= 4 is 11.8 Å². The van der Waals surface area contributed by atoms with Crippen LogP contribution in [0, 0.1) is 0 Å². The molecule has 4 rings (SSSR count). The van der Waals surface area contributed by atoms with E-state index in [1.54, 1.807) is 11.1 Å². The second-order valence-electron chi connectivity index (χ2n) is 8.44. The van der Waals surface area contributed by atoms with E-state index >= 15 is 0 Å². The molecular weight excluding hydrogens is 422 g/mol. The van der Waals surface area contributed by atoms with E-state index in [0.29, 0.717) is 31.7 Å². The van der Waals surface area contributed by atoms with Gasteiger partial charge in [0.1, 0.15) is 5.69 Å². The van der Waals surface area contributed by atoms with Gasteiger partial charge < -0.3 is 19.3 Å². The van der Waals surface area contributed by atoms with E-state index in [2.05, 4.69) is 20.9 Å². The maximum Gasteiger partial charge on any atom is 0.274 e. The SMILES string of the molecule is CCC(C)N(CCC(=O)N1CCN(Cc2ccc3c(c2)OCO3)CC1)C(=O)c1cnccn1. The summed E-state index contributed by atoms with van der Waals surface area (Å²) in [5.41, 5.74) is 1.48. The molecule has 1 saturated heterocycles. The van der Waals surface area contributed by atoms with Crippen molar-refractivity contribution in [3.8, 4) is 11.5 Å². The number of benzene rings is 1. The van der Waals surface area contributed by atoms with E-state index in [1.165, 1.54) is 18.0 Å². The molecule has 0 spiro atoms. The second-order valence-corrected chi connectivity index (χ2v) is 8.44. The molecule has 176 valence electrons. The van der Waals surface area contributed by atoms with Crippen LogP contribution in [0.3, 0.4) is 0 Å². The Labute approximate surface area is 194 Å². The first-order valence-corrected chi connectivity index (χ1v) is 11.5. The highest BCUT2D eigenvalue weighted by atomic mass is 16.7. The van der Waals surface area contributed by atoms with Crippen LogP contribution in [0.25, 0.3) is 0 Å². The quantitative estimate of drug-likeness (QED) is 0.605. The fourth-order valence-electron chi connectivity index (χ4n) is 4.13. The molecule has 33 heavy (non-hydrogen) atoms. The fourth-order valence-corrected chi connectivity index (χ4v) is 4.13. The highest BCUT2D eigenvalue weighted by Gasteiger charge is 2.26. The van der Waals surface area contributed by atoms with Gasteiger partial charge in [-0.25, -0.2) is 4.98 Å². The summed E-state index contributed by atoms with van der Waals surface area (Å²) in [5, 5.41) is 0. The lowest BCUT2D eigenvalue weighted by Crippen LogP contribution is -2.49. The van der Waals surface area contributed by atoms with Gasteiger partial charge in [-0.2, -0.15) is 0 Å². The average Bonchev–Trinajstić information content (AvgIpc) is 3.32. The summed E-state index contributed by atoms with van der Waals surface area (Å²) in [6.07, 6.45) is 5.63. The Hall–Kier alpha value is -3.20. The van der Waals surface area contributed by atoms with Crippen LogP contribution in [0.4, 0.5) is 0 Å². The van der Waals surface area contributed by atoms with Gasteiger partial charge in [0.2, 0.25) is 12.7 Å². The molecule has 0 saturated carbocycles. The first-order chi connectivity index (χ1) is 16.0.